The van der Waals surface area contributed by atoms with Crippen LogP contribution in [0.3, 0.4) is 0 Å². The lowest BCUT2D eigenvalue weighted by Crippen LogP contribution is -2.45. The van der Waals surface area contributed by atoms with Crippen LogP contribution < -0.4 is 0 Å². The largest absolute Gasteiger partial charge is 0.573 e. The third-order valence-corrected chi connectivity index (χ3v) is 5.68. The van der Waals surface area contributed by atoms with Gasteiger partial charge in [-0.2, -0.15) is 0 Å². The normalized spacial score (nSPS) is 13.3. The molecule has 0 fully saturated rings. The van der Waals surface area contributed by atoms with Gasteiger partial charge in [0.25, 0.3) is 0 Å². The SMILES string of the molecule is CC(C)O[Si](I)(OC(C)C)OC(C)C. The van der Waals surface area contributed by atoms with Gasteiger partial charge in [0.2, 0.25) is 0 Å². The van der Waals surface area contributed by atoms with Crippen LogP contribution in [0, 0.1) is 0 Å². The van der Waals surface area contributed by atoms with Crippen LogP contribution in [0.5, 0.6) is 0 Å². The van der Waals surface area contributed by atoms with Crippen LogP contribution >= 0.6 is 21.8 Å². The first kappa shape index (κ1) is 14.8. The molecule has 0 aliphatic heterocycles. The molecule has 0 saturated heterocycles. The van der Waals surface area contributed by atoms with E-state index in [-0.39, 0.29) is 18.3 Å². The summed E-state index contributed by atoms with van der Waals surface area (Å²) in [6.07, 6.45) is -2.06. The van der Waals surface area contributed by atoms with E-state index in [4.69, 9.17) is 13.3 Å². The van der Waals surface area contributed by atoms with Gasteiger partial charge >= 0.3 is 6.30 Å². The van der Waals surface area contributed by atoms with Crippen molar-refractivity contribution in [1.82, 2.24) is 0 Å². The first-order valence-corrected chi connectivity index (χ1v) is 9.81. The van der Waals surface area contributed by atoms with Crippen LogP contribution in [0.25, 0.3) is 0 Å². The minimum absolute atomic E-state index is 0.135. The van der Waals surface area contributed by atoms with E-state index in [1.807, 2.05) is 41.5 Å². The first-order valence-electron chi connectivity index (χ1n) is 4.97. The molecule has 0 bridgehead atoms. The summed E-state index contributed by atoms with van der Waals surface area (Å²) in [5, 5.41) is 0. The van der Waals surface area contributed by atoms with E-state index in [2.05, 4.69) is 21.8 Å². The summed E-state index contributed by atoms with van der Waals surface area (Å²) < 4.78 is 17.2. The van der Waals surface area contributed by atoms with Crippen molar-refractivity contribution in [3.05, 3.63) is 0 Å². The third kappa shape index (κ3) is 7.16. The van der Waals surface area contributed by atoms with E-state index >= 15 is 0 Å². The lowest BCUT2D eigenvalue weighted by molar-refractivity contribution is 0.0290. The van der Waals surface area contributed by atoms with Crippen LogP contribution in [-0.4, -0.2) is 24.6 Å². The monoisotopic (exact) mass is 332 g/mol. The molecule has 0 heterocycles. The molecule has 0 unspecified atom stereocenters. The fourth-order valence-corrected chi connectivity index (χ4v) is 7.36. The highest BCUT2D eigenvalue weighted by atomic mass is 127. The Morgan fingerprint density at radius 1 is 0.714 bits per heavy atom. The molecular weight excluding hydrogens is 311 g/mol. The van der Waals surface area contributed by atoms with Gasteiger partial charge in [-0.3, -0.25) is 0 Å². The number of rotatable bonds is 6. The maximum absolute atomic E-state index is 5.74. The molecule has 0 aromatic carbocycles. The van der Waals surface area contributed by atoms with Crippen molar-refractivity contribution < 1.29 is 13.3 Å². The van der Waals surface area contributed by atoms with Gasteiger partial charge in [0.1, 0.15) is 0 Å². The van der Waals surface area contributed by atoms with Crippen molar-refractivity contribution >= 4 is 28.1 Å². The summed E-state index contributed by atoms with van der Waals surface area (Å²) >= 11 is 2.19. The van der Waals surface area contributed by atoms with Gasteiger partial charge in [-0.25, -0.2) is 0 Å². The summed E-state index contributed by atoms with van der Waals surface area (Å²) in [5.41, 5.74) is 0. The van der Waals surface area contributed by atoms with Gasteiger partial charge in [-0.1, -0.05) is 0 Å². The highest BCUT2D eigenvalue weighted by Gasteiger charge is 2.41. The van der Waals surface area contributed by atoms with Gasteiger partial charge in [-0.05, 0) is 63.3 Å². The van der Waals surface area contributed by atoms with Crippen molar-refractivity contribution in [1.29, 1.82) is 0 Å². The maximum atomic E-state index is 5.74. The van der Waals surface area contributed by atoms with Gasteiger partial charge in [-0.15, -0.1) is 0 Å². The predicted molar refractivity (Wildman–Crippen MR) is 68.4 cm³/mol. The van der Waals surface area contributed by atoms with Crippen LogP contribution in [0.4, 0.5) is 0 Å². The summed E-state index contributed by atoms with van der Waals surface area (Å²) in [5.74, 6) is 0. The molecule has 0 aliphatic carbocycles. The Kier molecular flexibility index (Phi) is 6.80. The second-order valence-electron chi connectivity index (χ2n) is 3.98. The molecule has 0 saturated carbocycles. The van der Waals surface area contributed by atoms with Crippen molar-refractivity contribution in [3.8, 4) is 0 Å². The van der Waals surface area contributed by atoms with Crippen LogP contribution in [0.1, 0.15) is 41.5 Å². The van der Waals surface area contributed by atoms with Crippen LogP contribution in [-0.2, 0) is 13.3 Å². The van der Waals surface area contributed by atoms with Crippen LogP contribution in [0.2, 0.25) is 0 Å². The Morgan fingerprint density at radius 2 is 0.929 bits per heavy atom. The molecule has 0 spiro atoms. The molecule has 14 heavy (non-hydrogen) atoms. The lowest BCUT2D eigenvalue weighted by atomic mass is 10.5. The minimum Gasteiger partial charge on any atom is -0.363 e. The Morgan fingerprint density at radius 3 is 1.07 bits per heavy atom. The van der Waals surface area contributed by atoms with E-state index in [0.29, 0.717) is 0 Å². The first-order chi connectivity index (χ1) is 6.25. The molecule has 0 aliphatic rings. The molecule has 0 aromatic heterocycles. The average molecular weight is 332 g/mol. The summed E-state index contributed by atoms with van der Waals surface area (Å²) in [7, 11) is 0. The summed E-state index contributed by atoms with van der Waals surface area (Å²) in [4.78, 5) is 0. The molecule has 3 nitrogen and oxygen atoms in total. The fourth-order valence-electron chi connectivity index (χ4n) is 0.928. The van der Waals surface area contributed by atoms with Gasteiger partial charge in [0, 0.05) is 18.3 Å². The Hall–Kier alpha value is 0.827. The van der Waals surface area contributed by atoms with Gasteiger partial charge < -0.3 is 13.3 Å². The zero-order valence-corrected chi connectivity index (χ0v) is 13.0. The second-order valence-corrected chi connectivity index (χ2v) is 9.61. The second kappa shape index (κ2) is 6.42. The molecule has 0 atom stereocenters. The lowest BCUT2D eigenvalue weighted by Gasteiger charge is -2.29. The Balaban J connectivity index is 4.32. The van der Waals surface area contributed by atoms with Gasteiger partial charge in [0.05, 0.1) is 0 Å². The topological polar surface area (TPSA) is 27.7 Å². The molecule has 0 rings (SSSR count). The molecule has 0 aromatic rings. The average Bonchev–Trinajstić information content (AvgIpc) is 1.76. The molecule has 5 heteroatoms. The van der Waals surface area contributed by atoms with E-state index in [9.17, 15) is 0 Å². The highest BCUT2D eigenvalue weighted by molar-refractivity contribution is 14.1. The standard InChI is InChI=1S/C9H21IO3Si/c1-7(2)11-14(10,12-8(3)4)13-9(5)6/h7-9H,1-6H3. The van der Waals surface area contributed by atoms with Crippen molar-refractivity contribution in [2.24, 2.45) is 0 Å². The molecule has 0 radical (unpaired) electrons. The third-order valence-electron chi connectivity index (χ3n) is 1.13. The Bertz CT molecular complexity index is 136. The zero-order valence-electron chi connectivity index (χ0n) is 9.83. The highest BCUT2D eigenvalue weighted by Crippen LogP contribution is 2.23. The van der Waals surface area contributed by atoms with Gasteiger partial charge in [0.15, 0.2) is 0 Å². The van der Waals surface area contributed by atoms with E-state index < -0.39 is 6.30 Å². The Labute approximate surface area is 101 Å². The maximum Gasteiger partial charge on any atom is 0.573 e. The molecule has 86 valence electrons. The predicted octanol–water partition coefficient (Wildman–Crippen LogP) is 3.13. The van der Waals surface area contributed by atoms with Crippen molar-refractivity contribution in [2.75, 3.05) is 0 Å². The zero-order chi connectivity index (χ0) is 11.4. The number of hydrogen-bond acceptors (Lipinski definition) is 3. The molecule has 0 amide bonds. The van der Waals surface area contributed by atoms with Crippen molar-refractivity contribution in [2.45, 2.75) is 59.9 Å². The minimum atomic E-state index is -2.47. The fraction of sp³-hybridized carbons (Fsp3) is 1.00. The summed E-state index contributed by atoms with van der Waals surface area (Å²) in [6.45, 7) is 12.0. The van der Waals surface area contributed by atoms with Crippen molar-refractivity contribution in [3.63, 3.8) is 0 Å². The summed E-state index contributed by atoms with van der Waals surface area (Å²) in [6, 6.07) is 0. The number of hydrogen-bond donors (Lipinski definition) is 0. The van der Waals surface area contributed by atoms with E-state index in [1.54, 1.807) is 0 Å². The smallest absolute Gasteiger partial charge is 0.363 e. The van der Waals surface area contributed by atoms with Crippen LogP contribution in [0.15, 0.2) is 0 Å². The van der Waals surface area contributed by atoms with E-state index in [1.165, 1.54) is 0 Å². The molecule has 0 N–H and O–H groups in total. The molecular formula is C9H21IO3Si. The quantitative estimate of drug-likeness (QED) is 0.425. The number of halogens is 1. The van der Waals surface area contributed by atoms with E-state index in [0.717, 1.165) is 0 Å².